The smallest absolute Gasteiger partial charge is 0.0632 e. The predicted molar refractivity (Wildman–Crippen MR) is 73.4 cm³/mol. The number of nitrogens with zero attached hydrogens (tertiary/aromatic N) is 2. The lowest BCUT2D eigenvalue weighted by atomic mass is 9.79. The lowest BCUT2D eigenvalue weighted by Gasteiger charge is -2.40. The molecule has 2 aliphatic rings. The normalized spacial score (nSPS) is 32.7. The van der Waals surface area contributed by atoms with Crippen LogP contribution in [0.2, 0.25) is 0 Å². The molecule has 2 fully saturated rings. The number of hydrogen-bond donors (Lipinski definition) is 2. The van der Waals surface area contributed by atoms with Gasteiger partial charge in [-0.15, -0.1) is 0 Å². The van der Waals surface area contributed by atoms with Crippen molar-refractivity contribution in [3.8, 4) is 0 Å². The maximum absolute atomic E-state index is 9.79. The minimum absolute atomic E-state index is 0.0808. The van der Waals surface area contributed by atoms with Crippen molar-refractivity contribution < 1.29 is 5.11 Å². The Kier molecular flexibility index (Phi) is 3.47. The molecule has 3 rings (SSSR count). The van der Waals surface area contributed by atoms with E-state index in [-0.39, 0.29) is 12.1 Å². The van der Waals surface area contributed by atoms with Crippen LogP contribution in [0.5, 0.6) is 0 Å². The fraction of sp³-hybridized carbons (Fsp3) is 0.769. The third kappa shape index (κ3) is 2.63. The van der Waals surface area contributed by atoms with Gasteiger partial charge in [-0.3, -0.25) is 4.68 Å². The molecule has 0 bridgehead atoms. The minimum Gasteiger partial charge on any atom is -0.394 e. The molecule has 1 aromatic rings. The summed E-state index contributed by atoms with van der Waals surface area (Å²) in [6.45, 7) is 0.239. The second kappa shape index (κ2) is 4.94. The first-order valence-electron chi connectivity index (χ1n) is 6.79. The molecule has 0 amide bonds. The Balaban J connectivity index is 1.73. The average molecular weight is 314 g/mol. The van der Waals surface area contributed by atoms with Crippen LogP contribution >= 0.6 is 15.9 Å². The van der Waals surface area contributed by atoms with E-state index in [0.29, 0.717) is 12.1 Å². The molecule has 0 saturated heterocycles. The van der Waals surface area contributed by atoms with Crippen molar-refractivity contribution >= 4 is 15.9 Å². The zero-order valence-electron chi connectivity index (χ0n) is 10.5. The Morgan fingerprint density at radius 2 is 2.33 bits per heavy atom. The third-order valence-corrected chi connectivity index (χ3v) is 4.56. The van der Waals surface area contributed by atoms with Gasteiger partial charge >= 0.3 is 0 Å². The van der Waals surface area contributed by atoms with E-state index in [2.05, 4.69) is 26.3 Å². The molecule has 0 aliphatic heterocycles. The highest BCUT2D eigenvalue weighted by Gasteiger charge is 2.40. The van der Waals surface area contributed by atoms with Crippen molar-refractivity contribution in [1.29, 1.82) is 0 Å². The Hall–Kier alpha value is -0.390. The van der Waals surface area contributed by atoms with Gasteiger partial charge in [-0.05, 0) is 54.5 Å². The Bertz CT molecular complexity index is 418. The Labute approximate surface area is 116 Å². The number of rotatable bonds is 4. The van der Waals surface area contributed by atoms with Crippen LogP contribution in [-0.2, 0) is 0 Å². The molecule has 4 nitrogen and oxygen atoms in total. The van der Waals surface area contributed by atoms with Gasteiger partial charge in [0.1, 0.15) is 0 Å². The molecule has 0 radical (unpaired) electrons. The SMILES string of the molecule is OCC1(NC2CC2)CCCC(n2cc(Br)cn2)C1. The molecule has 18 heavy (non-hydrogen) atoms. The highest BCUT2D eigenvalue weighted by atomic mass is 79.9. The zero-order chi connectivity index (χ0) is 12.6. The van der Waals surface area contributed by atoms with Gasteiger partial charge in [0.25, 0.3) is 0 Å². The van der Waals surface area contributed by atoms with Crippen molar-refractivity contribution in [2.24, 2.45) is 0 Å². The van der Waals surface area contributed by atoms with Crippen molar-refractivity contribution in [2.45, 2.75) is 56.1 Å². The quantitative estimate of drug-likeness (QED) is 0.896. The van der Waals surface area contributed by atoms with E-state index in [0.717, 1.165) is 30.2 Å². The second-order valence-electron chi connectivity index (χ2n) is 5.75. The van der Waals surface area contributed by atoms with Gasteiger partial charge in [-0.25, -0.2) is 0 Å². The van der Waals surface area contributed by atoms with Crippen molar-refractivity contribution in [3.63, 3.8) is 0 Å². The van der Waals surface area contributed by atoms with Crippen LogP contribution in [0.1, 0.15) is 44.6 Å². The third-order valence-electron chi connectivity index (χ3n) is 4.15. The van der Waals surface area contributed by atoms with E-state index in [1.165, 1.54) is 12.8 Å². The van der Waals surface area contributed by atoms with E-state index < -0.39 is 0 Å². The molecule has 2 unspecified atom stereocenters. The van der Waals surface area contributed by atoms with Crippen LogP contribution in [0.15, 0.2) is 16.9 Å². The van der Waals surface area contributed by atoms with E-state index in [9.17, 15) is 5.11 Å². The molecule has 0 aromatic carbocycles. The second-order valence-corrected chi connectivity index (χ2v) is 6.66. The summed E-state index contributed by atoms with van der Waals surface area (Å²) in [7, 11) is 0. The van der Waals surface area contributed by atoms with Crippen molar-refractivity contribution in [2.75, 3.05) is 6.61 Å². The van der Waals surface area contributed by atoms with E-state index >= 15 is 0 Å². The van der Waals surface area contributed by atoms with Crippen LogP contribution in [0.4, 0.5) is 0 Å². The number of aliphatic hydroxyl groups is 1. The van der Waals surface area contributed by atoms with Crippen LogP contribution in [0, 0.1) is 0 Å². The van der Waals surface area contributed by atoms with Crippen molar-refractivity contribution in [3.05, 3.63) is 16.9 Å². The minimum atomic E-state index is -0.0808. The first-order chi connectivity index (χ1) is 8.71. The summed E-state index contributed by atoms with van der Waals surface area (Å²) in [4.78, 5) is 0. The first kappa shape index (κ1) is 12.6. The summed E-state index contributed by atoms with van der Waals surface area (Å²) >= 11 is 3.45. The number of halogens is 1. The largest absolute Gasteiger partial charge is 0.394 e. The Morgan fingerprint density at radius 1 is 1.50 bits per heavy atom. The van der Waals surface area contributed by atoms with Gasteiger partial charge in [-0.1, -0.05) is 0 Å². The molecule has 2 saturated carbocycles. The molecule has 1 aromatic heterocycles. The summed E-state index contributed by atoms with van der Waals surface area (Å²) in [6, 6.07) is 1.05. The fourth-order valence-electron chi connectivity index (χ4n) is 3.05. The van der Waals surface area contributed by atoms with Crippen LogP contribution in [0.3, 0.4) is 0 Å². The summed E-state index contributed by atoms with van der Waals surface area (Å²) < 4.78 is 3.07. The van der Waals surface area contributed by atoms with E-state index in [1.807, 2.05) is 17.1 Å². The number of nitrogens with one attached hydrogen (secondary N) is 1. The van der Waals surface area contributed by atoms with Crippen molar-refractivity contribution in [1.82, 2.24) is 15.1 Å². The molecular weight excluding hydrogens is 294 g/mol. The lowest BCUT2D eigenvalue weighted by Crippen LogP contribution is -2.52. The molecular formula is C13H20BrN3O. The van der Waals surface area contributed by atoms with Gasteiger partial charge in [0, 0.05) is 17.8 Å². The molecule has 2 aliphatic carbocycles. The highest BCUT2D eigenvalue weighted by Crippen LogP contribution is 2.37. The molecule has 2 atom stereocenters. The standard InChI is InChI=1S/C13H20BrN3O/c14-10-7-15-17(8-10)12-2-1-5-13(6-12,9-18)16-11-3-4-11/h7-8,11-12,16,18H,1-6,9H2. The summed E-state index contributed by atoms with van der Waals surface area (Å²) in [5, 5.41) is 17.8. The molecule has 1 heterocycles. The summed E-state index contributed by atoms with van der Waals surface area (Å²) in [5.74, 6) is 0. The van der Waals surface area contributed by atoms with Crippen LogP contribution < -0.4 is 5.32 Å². The van der Waals surface area contributed by atoms with Gasteiger partial charge in [0.2, 0.25) is 0 Å². The number of hydrogen-bond acceptors (Lipinski definition) is 3. The topological polar surface area (TPSA) is 50.1 Å². The zero-order valence-corrected chi connectivity index (χ0v) is 12.1. The molecule has 2 N–H and O–H groups in total. The molecule has 0 spiro atoms. The van der Waals surface area contributed by atoms with Gasteiger partial charge in [0.05, 0.1) is 23.3 Å². The average Bonchev–Trinajstić information content (AvgIpc) is 3.08. The van der Waals surface area contributed by atoms with Gasteiger partial charge < -0.3 is 10.4 Å². The van der Waals surface area contributed by atoms with E-state index in [4.69, 9.17) is 0 Å². The predicted octanol–water partition coefficient (Wildman–Crippen LogP) is 2.24. The first-order valence-corrected chi connectivity index (χ1v) is 7.58. The van der Waals surface area contributed by atoms with Gasteiger partial charge in [0.15, 0.2) is 0 Å². The Morgan fingerprint density at radius 3 is 2.94 bits per heavy atom. The number of aromatic nitrogens is 2. The monoisotopic (exact) mass is 313 g/mol. The van der Waals surface area contributed by atoms with Crippen LogP contribution in [0.25, 0.3) is 0 Å². The van der Waals surface area contributed by atoms with E-state index in [1.54, 1.807) is 0 Å². The molecule has 5 heteroatoms. The fourth-order valence-corrected chi connectivity index (χ4v) is 3.35. The molecule has 100 valence electrons. The lowest BCUT2D eigenvalue weighted by molar-refractivity contribution is 0.0928. The summed E-state index contributed by atoms with van der Waals surface area (Å²) in [5.41, 5.74) is -0.0808. The summed E-state index contributed by atoms with van der Waals surface area (Å²) in [6.07, 6.45) is 10.8. The maximum Gasteiger partial charge on any atom is 0.0632 e. The van der Waals surface area contributed by atoms with Gasteiger partial charge in [-0.2, -0.15) is 5.10 Å². The van der Waals surface area contributed by atoms with Crippen LogP contribution in [-0.4, -0.2) is 33.1 Å². The highest BCUT2D eigenvalue weighted by molar-refractivity contribution is 9.10. The number of aliphatic hydroxyl groups excluding tert-OH is 1. The maximum atomic E-state index is 9.79.